The molecule has 1 aromatic heterocycles. The number of aryl methyl sites for hydroxylation is 1. The zero-order valence-electron chi connectivity index (χ0n) is 9.13. The molecule has 0 aliphatic carbocycles. The number of aromatic nitrogens is 2. The van der Waals surface area contributed by atoms with Crippen LogP contribution in [0.1, 0.15) is 24.0 Å². The summed E-state index contributed by atoms with van der Waals surface area (Å²) < 4.78 is 1.09. The molecule has 0 spiro atoms. The van der Waals surface area contributed by atoms with E-state index >= 15 is 0 Å². The van der Waals surface area contributed by atoms with Crippen LogP contribution in [0.4, 0.5) is 0 Å². The third kappa shape index (κ3) is 2.88. The van der Waals surface area contributed by atoms with Crippen molar-refractivity contribution in [3.63, 3.8) is 0 Å². The molecule has 1 aromatic rings. The van der Waals surface area contributed by atoms with E-state index < -0.39 is 0 Å². The highest BCUT2D eigenvalue weighted by Crippen LogP contribution is 2.14. The van der Waals surface area contributed by atoms with Crippen LogP contribution in [0.5, 0.6) is 0 Å². The Morgan fingerprint density at radius 2 is 1.93 bits per heavy atom. The van der Waals surface area contributed by atoms with Crippen molar-refractivity contribution in [2.75, 3.05) is 14.1 Å². The molecule has 0 aliphatic heterocycles. The zero-order valence-corrected chi connectivity index (χ0v) is 11.3. The van der Waals surface area contributed by atoms with Crippen molar-refractivity contribution in [1.29, 1.82) is 0 Å². The minimum Gasteiger partial charge on any atom is -0.302 e. The van der Waals surface area contributed by atoms with Gasteiger partial charge in [0.05, 0.1) is 6.54 Å². The van der Waals surface area contributed by atoms with Crippen molar-refractivity contribution in [2.24, 2.45) is 0 Å². The normalized spacial score (nSPS) is 11.0. The monoisotopic (exact) mass is 305 g/mol. The fourth-order valence-corrected chi connectivity index (χ4v) is 2.42. The first-order valence-electron chi connectivity index (χ1n) is 4.71. The van der Waals surface area contributed by atoms with Gasteiger partial charge in [-0.2, -0.15) is 0 Å². The van der Waals surface area contributed by atoms with Gasteiger partial charge in [-0.1, -0.05) is 6.92 Å². The Labute approximate surface area is 99.1 Å². The van der Waals surface area contributed by atoms with Gasteiger partial charge < -0.3 is 4.90 Å². The number of hydrogen-bond acceptors (Lipinski definition) is 3. The second-order valence-electron chi connectivity index (χ2n) is 3.59. The van der Waals surface area contributed by atoms with Crippen LogP contribution in [-0.2, 0) is 13.0 Å². The van der Waals surface area contributed by atoms with Gasteiger partial charge >= 0.3 is 0 Å². The zero-order chi connectivity index (χ0) is 10.7. The lowest BCUT2D eigenvalue weighted by molar-refractivity contribution is 0.389. The number of halogens is 1. The Bertz CT molecular complexity index is 300. The van der Waals surface area contributed by atoms with E-state index in [9.17, 15) is 0 Å². The van der Waals surface area contributed by atoms with Crippen LogP contribution < -0.4 is 0 Å². The van der Waals surface area contributed by atoms with E-state index in [0.29, 0.717) is 0 Å². The molecule has 0 aliphatic rings. The summed E-state index contributed by atoms with van der Waals surface area (Å²) in [7, 11) is 4.05. The molecule has 0 unspecified atom stereocenters. The quantitative estimate of drug-likeness (QED) is 0.632. The first-order chi connectivity index (χ1) is 6.54. The lowest BCUT2D eigenvalue weighted by Crippen LogP contribution is -2.15. The second-order valence-corrected chi connectivity index (χ2v) is 4.61. The topological polar surface area (TPSA) is 29.0 Å². The fourth-order valence-electron chi connectivity index (χ4n) is 1.37. The Morgan fingerprint density at radius 3 is 2.36 bits per heavy atom. The molecular formula is C10H16IN3. The summed E-state index contributed by atoms with van der Waals surface area (Å²) in [6.07, 6.45) is 1.01. The molecule has 4 heteroatoms. The van der Waals surface area contributed by atoms with Gasteiger partial charge in [0.15, 0.2) is 0 Å². The predicted molar refractivity (Wildman–Crippen MR) is 66.3 cm³/mol. The third-order valence-corrected chi connectivity index (χ3v) is 2.91. The Kier molecular flexibility index (Phi) is 4.25. The van der Waals surface area contributed by atoms with E-state index in [2.05, 4.69) is 51.3 Å². The molecule has 0 N–H and O–H groups in total. The van der Waals surface area contributed by atoms with Gasteiger partial charge in [0.25, 0.3) is 0 Å². The molecule has 0 aromatic carbocycles. The Hall–Kier alpha value is -0.230. The van der Waals surface area contributed by atoms with Gasteiger partial charge in [-0.25, -0.2) is 9.97 Å². The highest BCUT2D eigenvalue weighted by molar-refractivity contribution is 14.1. The Balaban J connectivity index is 3.01. The fraction of sp³-hybridized carbons (Fsp3) is 0.600. The average Bonchev–Trinajstić information content (AvgIpc) is 2.01. The number of hydrogen-bond donors (Lipinski definition) is 0. The summed E-state index contributed by atoms with van der Waals surface area (Å²) in [5, 5.41) is 0. The molecule has 0 saturated heterocycles. The van der Waals surface area contributed by atoms with E-state index in [4.69, 9.17) is 0 Å². The SMILES string of the molecule is CCc1c(C)nc(CN(C)C)nc1I. The maximum Gasteiger partial charge on any atom is 0.143 e. The molecule has 78 valence electrons. The molecule has 0 fully saturated rings. The Morgan fingerprint density at radius 1 is 1.29 bits per heavy atom. The van der Waals surface area contributed by atoms with Crippen LogP contribution in [-0.4, -0.2) is 29.0 Å². The van der Waals surface area contributed by atoms with Crippen molar-refractivity contribution in [1.82, 2.24) is 14.9 Å². The summed E-state index contributed by atoms with van der Waals surface area (Å²) in [5.74, 6) is 0.911. The number of rotatable bonds is 3. The van der Waals surface area contributed by atoms with Gasteiger partial charge in [-0.05, 0) is 50.0 Å². The molecule has 0 radical (unpaired) electrons. The van der Waals surface area contributed by atoms with Crippen molar-refractivity contribution in [3.8, 4) is 0 Å². The van der Waals surface area contributed by atoms with E-state index in [-0.39, 0.29) is 0 Å². The minimum atomic E-state index is 0.806. The molecular weight excluding hydrogens is 289 g/mol. The summed E-state index contributed by atoms with van der Waals surface area (Å²) in [6.45, 7) is 5.00. The maximum atomic E-state index is 4.49. The van der Waals surface area contributed by atoms with Crippen LogP contribution >= 0.6 is 22.6 Å². The van der Waals surface area contributed by atoms with Gasteiger partial charge in [0.1, 0.15) is 9.53 Å². The van der Waals surface area contributed by atoms with Crippen molar-refractivity contribution >= 4 is 22.6 Å². The molecule has 3 nitrogen and oxygen atoms in total. The second kappa shape index (κ2) is 5.02. The third-order valence-electron chi connectivity index (χ3n) is 2.02. The highest BCUT2D eigenvalue weighted by Gasteiger charge is 2.07. The molecule has 0 saturated carbocycles. The van der Waals surface area contributed by atoms with Gasteiger partial charge in [0.2, 0.25) is 0 Å². The standard InChI is InChI=1S/C10H16IN3/c1-5-8-7(2)12-9(6-14(3)4)13-10(8)11/h5-6H2,1-4H3. The van der Waals surface area contributed by atoms with Crippen molar-refractivity contribution in [3.05, 3.63) is 20.8 Å². The summed E-state index contributed by atoms with van der Waals surface area (Å²) in [6, 6.07) is 0. The molecule has 14 heavy (non-hydrogen) atoms. The lowest BCUT2D eigenvalue weighted by atomic mass is 10.2. The van der Waals surface area contributed by atoms with E-state index in [0.717, 1.165) is 28.2 Å². The largest absolute Gasteiger partial charge is 0.302 e. The van der Waals surface area contributed by atoms with Gasteiger partial charge in [-0.15, -0.1) is 0 Å². The lowest BCUT2D eigenvalue weighted by Gasteiger charge is -2.11. The number of nitrogens with zero attached hydrogens (tertiary/aromatic N) is 3. The summed E-state index contributed by atoms with van der Waals surface area (Å²) >= 11 is 2.29. The summed E-state index contributed by atoms with van der Waals surface area (Å²) in [4.78, 5) is 11.0. The smallest absolute Gasteiger partial charge is 0.143 e. The molecule has 1 heterocycles. The van der Waals surface area contributed by atoms with Crippen LogP contribution in [0, 0.1) is 10.6 Å². The minimum absolute atomic E-state index is 0.806. The van der Waals surface area contributed by atoms with Crippen LogP contribution in [0.15, 0.2) is 0 Å². The van der Waals surface area contributed by atoms with E-state index in [1.807, 2.05) is 14.1 Å². The van der Waals surface area contributed by atoms with E-state index in [1.165, 1.54) is 5.56 Å². The molecule has 0 atom stereocenters. The van der Waals surface area contributed by atoms with Crippen molar-refractivity contribution < 1.29 is 0 Å². The molecule has 0 bridgehead atoms. The van der Waals surface area contributed by atoms with E-state index in [1.54, 1.807) is 0 Å². The van der Waals surface area contributed by atoms with Crippen molar-refractivity contribution in [2.45, 2.75) is 26.8 Å². The first kappa shape index (κ1) is 11.8. The first-order valence-corrected chi connectivity index (χ1v) is 5.79. The predicted octanol–water partition coefficient (Wildman–Crippen LogP) is 2.01. The van der Waals surface area contributed by atoms with Gasteiger partial charge in [-0.3, -0.25) is 0 Å². The van der Waals surface area contributed by atoms with Gasteiger partial charge in [0, 0.05) is 11.3 Å². The highest BCUT2D eigenvalue weighted by atomic mass is 127. The van der Waals surface area contributed by atoms with Crippen LogP contribution in [0.25, 0.3) is 0 Å². The average molecular weight is 305 g/mol. The maximum absolute atomic E-state index is 4.49. The van der Waals surface area contributed by atoms with Crippen LogP contribution in [0.2, 0.25) is 0 Å². The molecule has 1 rings (SSSR count). The summed E-state index contributed by atoms with van der Waals surface area (Å²) in [5.41, 5.74) is 2.39. The molecule has 0 amide bonds. The van der Waals surface area contributed by atoms with Crippen LogP contribution in [0.3, 0.4) is 0 Å².